The van der Waals surface area contributed by atoms with Crippen molar-refractivity contribution in [2.24, 2.45) is 0 Å². The summed E-state index contributed by atoms with van der Waals surface area (Å²) in [5, 5.41) is 9.30. The van der Waals surface area contributed by atoms with E-state index in [1.807, 2.05) is 30.3 Å². The minimum Gasteiger partial charge on any atom is -0.488 e. The van der Waals surface area contributed by atoms with Gasteiger partial charge in [0.25, 0.3) is 0 Å². The molecule has 0 unspecified atom stereocenters. The lowest BCUT2D eigenvalue weighted by Gasteiger charge is -2.18. The highest BCUT2D eigenvalue weighted by Crippen LogP contribution is 2.28. The van der Waals surface area contributed by atoms with Crippen LogP contribution in [0.4, 0.5) is 0 Å². The van der Waals surface area contributed by atoms with Gasteiger partial charge >= 0.3 is 0 Å². The average Bonchev–Trinajstić information content (AvgIpc) is 2.56. The molecule has 1 atom stereocenters. The van der Waals surface area contributed by atoms with E-state index in [4.69, 9.17) is 4.74 Å². The molecule has 0 fully saturated rings. The molecule has 2 aromatic rings. The van der Waals surface area contributed by atoms with Gasteiger partial charge in [0.15, 0.2) is 11.7 Å². The SMILES string of the molecule is N#C[C@@H](C(=O)C1=Cc2ccccc2OC1)c1ccccn1. The van der Waals surface area contributed by atoms with Crippen LogP contribution in [-0.4, -0.2) is 17.4 Å². The van der Waals surface area contributed by atoms with Crippen LogP contribution in [0.15, 0.2) is 54.2 Å². The number of Topliss-reactive ketones (excluding diaryl/α,β-unsaturated/α-hetero) is 1. The molecule has 4 nitrogen and oxygen atoms in total. The highest BCUT2D eigenvalue weighted by atomic mass is 16.5. The topological polar surface area (TPSA) is 63.0 Å². The molecule has 0 aliphatic carbocycles. The van der Waals surface area contributed by atoms with Crippen LogP contribution in [0.2, 0.25) is 0 Å². The maximum absolute atomic E-state index is 12.5. The predicted molar refractivity (Wildman–Crippen MR) is 77.5 cm³/mol. The second-order valence-electron chi connectivity index (χ2n) is 4.68. The number of hydrogen-bond acceptors (Lipinski definition) is 4. The first-order chi connectivity index (χ1) is 10.3. The minimum absolute atomic E-state index is 0.181. The van der Waals surface area contributed by atoms with Gasteiger partial charge in [0.05, 0.1) is 11.8 Å². The summed E-state index contributed by atoms with van der Waals surface area (Å²) in [6, 6.07) is 14.7. The fraction of sp³-hybridized carbons (Fsp3) is 0.118. The van der Waals surface area contributed by atoms with Crippen LogP contribution in [0.1, 0.15) is 17.2 Å². The predicted octanol–water partition coefficient (Wildman–Crippen LogP) is 2.73. The zero-order valence-electron chi connectivity index (χ0n) is 11.2. The highest BCUT2D eigenvalue weighted by Gasteiger charge is 2.27. The molecule has 4 heteroatoms. The maximum atomic E-state index is 12.5. The van der Waals surface area contributed by atoms with Crippen LogP contribution in [-0.2, 0) is 4.79 Å². The molecule has 0 N–H and O–H groups in total. The molecular weight excluding hydrogens is 264 g/mol. The van der Waals surface area contributed by atoms with Gasteiger partial charge < -0.3 is 4.74 Å². The van der Waals surface area contributed by atoms with E-state index >= 15 is 0 Å². The van der Waals surface area contributed by atoms with Crippen LogP contribution in [0, 0.1) is 11.3 Å². The Morgan fingerprint density at radius 2 is 2.05 bits per heavy atom. The number of aromatic nitrogens is 1. The Morgan fingerprint density at radius 3 is 2.81 bits per heavy atom. The first kappa shape index (κ1) is 13.1. The van der Waals surface area contributed by atoms with Crippen molar-refractivity contribution >= 4 is 11.9 Å². The van der Waals surface area contributed by atoms with Gasteiger partial charge in [0, 0.05) is 17.3 Å². The van der Waals surface area contributed by atoms with E-state index in [9.17, 15) is 10.1 Å². The maximum Gasteiger partial charge on any atom is 0.185 e. The lowest BCUT2D eigenvalue weighted by Crippen LogP contribution is -2.20. The fourth-order valence-corrected chi connectivity index (χ4v) is 2.25. The second-order valence-corrected chi connectivity index (χ2v) is 4.68. The molecule has 21 heavy (non-hydrogen) atoms. The smallest absolute Gasteiger partial charge is 0.185 e. The molecule has 0 radical (unpaired) electrons. The van der Waals surface area contributed by atoms with E-state index in [0.717, 1.165) is 11.3 Å². The van der Waals surface area contributed by atoms with Crippen molar-refractivity contribution in [3.05, 3.63) is 65.5 Å². The summed E-state index contributed by atoms with van der Waals surface area (Å²) in [7, 11) is 0. The minimum atomic E-state index is -0.897. The van der Waals surface area contributed by atoms with Gasteiger partial charge in [-0.05, 0) is 24.3 Å². The third-order valence-corrected chi connectivity index (χ3v) is 3.32. The van der Waals surface area contributed by atoms with E-state index < -0.39 is 5.92 Å². The van der Waals surface area contributed by atoms with Crippen molar-refractivity contribution in [3.8, 4) is 11.8 Å². The number of nitrogens with zero attached hydrogens (tertiary/aromatic N) is 2. The lowest BCUT2D eigenvalue weighted by atomic mass is 9.93. The Balaban J connectivity index is 1.93. The molecule has 3 rings (SSSR count). The van der Waals surface area contributed by atoms with Crippen molar-refractivity contribution in [1.82, 2.24) is 4.98 Å². The summed E-state index contributed by atoms with van der Waals surface area (Å²) in [4.78, 5) is 16.6. The fourth-order valence-electron chi connectivity index (χ4n) is 2.25. The monoisotopic (exact) mass is 276 g/mol. The van der Waals surface area contributed by atoms with Gasteiger partial charge in [0.2, 0.25) is 0 Å². The van der Waals surface area contributed by atoms with Gasteiger partial charge in [-0.3, -0.25) is 9.78 Å². The molecule has 1 aromatic heterocycles. The molecule has 0 bridgehead atoms. The third kappa shape index (κ3) is 2.54. The summed E-state index contributed by atoms with van der Waals surface area (Å²) in [5.74, 6) is -0.405. The number of para-hydroxylation sites is 1. The van der Waals surface area contributed by atoms with E-state index in [0.29, 0.717) is 11.3 Å². The molecule has 1 aliphatic heterocycles. The molecule has 0 amide bonds. The molecular formula is C17H12N2O2. The number of rotatable bonds is 3. The largest absolute Gasteiger partial charge is 0.488 e. The van der Waals surface area contributed by atoms with Crippen molar-refractivity contribution < 1.29 is 9.53 Å². The first-order valence-corrected chi connectivity index (χ1v) is 6.57. The number of ketones is 1. The van der Waals surface area contributed by atoms with Crippen molar-refractivity contribution in [1.29, 1.82) is 5.26 Å². The molecule has 2 heterocycles. The van der Waals surface area contributed by atoms with Crippen LogP contribution < -0.4 is 4.74 Å². The lowest BCUT2D eigenvalue weighted by molar-refractivity contribution is -0.116. The normalized spacial score (nSPS) is 14.1. The number of fused-ring (bicyclic) bond motifs is 1. The van der Waals surface area contributed by atoms with E-state index in [-0.39, 0.29) is 12.4 Å². The molecule has 1 aliphatic rings. The first-order valence-electron chi connectivity index (χ1n) is 6.57. The standard InChI is InChI=1S/C17H12N2O2/c18-10-14(15-6-3-4-8-19-15)17(20)13-9-12-5-1-2-7-16(12)21-11-13/h1-9,14H,11H2/t14-/m1/s1. The Labute approximate surface area is 122 Å². The quantitative estimate of drug-likeness (QED) is 0.864. The van der Waals surface area contributed by atoms with Crippen LogP contribution >= 0.6 is 0 Å². The number of benzene rings is 1. The number of pyridine rings is 1. The summed E-state index contributed by atoms with van der Waals surface area (Å²) in [5.41, 5.74) is 1.81. The molecule has 1 aromatic carbocycles. The number of hydrogen-bond donors (Lipinski definition) is 0. The molecule has 0 spiro atoms. The van der Waals surface area contributed by atoms with Crippen LogP contribution in [0.25, 0.3) is 6.08 Å². The third-order valence-electron chi connectivity index (χ3n) is 3.32. The number of nitriles is 1. The van der Waals surface area contributed by atoms with Gasteiger partial charge in [-0.1, -0.05) is 24.3 Å². The molecule has 0 saturated heterocycles. The van der Waals surface area contributed by atoms with E-state index in [1.54, 1.807) is 30.5 Å². The Kier molecular flexibility index (Phi) is 3.48. The zero-order chi connectivity index (χ0) is 14.7. The zero-order valence-corrected chi connectivity index (χ0v) is 11.2. The van der Waals surface area contributed by atoms with Crippen molar-refractivity contribution in [2.75, 3.05) is 6.61 Å². The molecule has 0 saturated carbocycles. The van der Waals surface area contributed by atoms with Crippen LogP contribution in [0.3, 0.4) is 0 Å². The van der Waals surface area contributed by atoms with Gasteiger partial charge in [-0.2, -0.15) is 5.26 Å². The average molecular weight is 276 g/mol. The van der Waals surface area contributed by atoms with E-state index in [2.05, 4.69) is 4.98 Å². The summed E-state index contributed by atoms with van der Waals surface area (Å²) < 4.78 is 5.57. The highest BCUT2D eigenvalue weighted by molar-refractivity contribution is 6.06. The van der Waals surface area contributed by atoms with Gasteiger partial charge in [0.1, 0.15) is 12.4 Å². The van der Waals surface area contributed by atoms with Crippen LogP contribution in [0.5, 0.6) is 5.75 Å². The summed E-state index contributed by atoms with van der Waals surface area (Å²) in [6.07, 6.45) is 3.36. The molecule has 102 valence electrons. The summed E-state index contributed by atoms with van der Waals surface area (Å²) in [6.45, 7) is 0.181. The summed E-state index contributed by atoms with van der Waals surface area (Å²) >= 11 is 0. The Hall–Kier alpha value is -2.93. The van der Waals surface area contributed by atoms with Gasteiger partial charge in [-0.25, -0.2) is 0 Å². The van der Waals surface area contributed by atoms with Gasteiger partial charge in [-0.15, -0.1) is 0 Å². The number of carbonyl (C=O) groups excluding carboxylic acids is 1. The van der Waals surface area contributed by atoms with Crippen molar-refractivity contribution in [2.45, 2.75) is 5.92 Å². The Morgan fingerprint density at radius 1 is 1.24 bits per heavy atom. The number of ether oxygens (including phenoxy) is 1. The van der Waals surface area contributed by atoms with Crippen molar-refractivity contribution in [3.63, 3.8) is 0 Å². The van der Waals surface area contributed by atoms with E-state index in [1.165, 1.54) is 0 Å². The Bertz CT molecular complexity index is 745. The second kappa shape index (κ2) is 5.59. The number of carbonyl (C=O) groups is 1.